The van der Waals surface area contributed by atoms with E-state index in [0.29, 0.717) is 16.3 Å². The van der Waals surface area contributed by atoms with Gasteiger partial charge in [-0.3, -0.25) is 0 Å². The van der Waals surface area contributed by atoms with E-state index in [1.54, 1.807) is 23.9 Å². The summed E-state index contributed by atoms with van der Waals surface area (Å²) in [7, 11) is 0. The van der Waals surface area contributed by atoms with Crippen LogP contribution in [0, 0.1) is 5.82 Å². The monoisotopic (exact) mass is 441 g/mol. The van der Waals surface area contributed by atoms with Gasteiger partial charge in [0.25, 0.3) is 0 Å². The highest BCUT2D eigenvalue weighted by atomic mass is 35.5. The summed E-state index contributed by atoms with van der Waals surface area (Å²) < 4.78 is 16.0. The molecule has 0 radical (unpaired) electrons. The lowest BCUT2D eigenvalue weighted by molar-refractivity contribution is 0.617. The number of rotatable bonds is 8. The Morgan fingerprint density at radius 1 is 1.00 bits per heavy atom. The summed E-state index contributed by atoms with van der Waals surface area (Å²) in [6, 6.07) is 12.6. The normalized spacial score (nSPS) is 11.1. The molecule has 8 heteroatoms. The molecule has 3 rings (SSSR count). The zero-order valence-corrected chi connectivity index (χ0v) is 17.8. The number of halogens is 3. The van der Waals surface area contributed by atoms with Crippen molar-refractivity contribution in [1.29, 1.82) is 0 Å². The van der Waals surface area contributed by atoms with E-state index in [1.165, 1.54) is 23.4 Å². The van der Waals surface area contributed by atoms with Crippen molar-refractivity contribution in [2.24, 2.45) is 0 Å². The van der Waals surface area contributed by atoms with Gasteiger partial charge in [0.05, 0.1) is 5.75 Å². The number of aromatic nitrogens is 3. The standard InChI is InChI=1S/C19H18Cl2FN3S2/c1-2-25-18(12-26-10-13-6-8-14(20)9-7-13)23-24-19(25)27-11-15-16(21)4-3-5-17(15)22/h3-9H,2,10-12H2,1H3. The van der Waals surface area contributed by atoms with Gasteiger partial charge in [0, 0.05) is 33.7 Å². The molecule has 3 aromatic rings. The molecule has 0 saturated carbocycles. The van der Waals surface area contributed by atoms with Gasteiger partial charge in [-0.2, -0.15) is 0 Å². The molecule has 0 fully saturated rings. The lowest BCUT2D eigenvalue weighted by Crippen LogP contribution is -2.02. The maximum atomic E-state index is 13.9. The number of hydrogen-bond donors (Lipinski definition) is 0. The van der Waals surface area contributed by atoms with E-state index in [1.807, 2.05) is 24.3 Å². The SMILES string of the molecule is CCn1c(CSCc2ccc(Cl)cc2)nnc1SCc1c(F)cccc1Cl. The first kappa shape index (κ1) is 20.5. The van der Waals surface area contributed by atoms with E-state index in [4.69, 9.17) is 23.2 Å². The van der Waals surface area contributed by atoms with Crippen LogP contribution >= 0.6 is 46.7 Å². The molecule has 0 unspecified atom stereocenters. The number of benzene rings is 2. The van der Waals surface area contributed by atoms with Gasteiger partial charge in [-0.05, 0) is 36.8 Å². The number of nitrogens with zero attached hydrogens (tertiary/aromatic N) is 3. The van der Waals surface area contributed by atoms with Crippen molar-refractivity contribution in [3.63, 3.8) is 0 Å². The molecule has 3 nitrogen and oxygen atoms in total. The van der Waals surface area contributed by atoms with Crippen molar-refractivity contribution in [3.8, 4) is 0 Å². The van der Waals surface area contributed by atoms with Crippen LogP contribution in [0.1, 0.15) is 23.9 Å². The van der Waals surface area contributed by atoms with Gasteiger partial charge in [-0.1, -0.05) is 53.2 Å². The molecule has 0 spiro atoms. The van der Waals surface area contributed by atoms with Crippen LogP contribution in [0.15, 0.2) is 47.6 Å². The third-order valence-electron chi connectivity index (χ3n) is 3.93. The maximum Gasteiger partial charge on any atom is 0.191 e. The quantitative estimate of drug-likeness (QED) is 0.374. The molecular weight excluding hydrogens is 424 g/mol. The molecule has 0 bridgehead atoms. The predicted octanol–water partition coefficient (Wildman–Crippen LogP) is 6.47. The summed E-state index contributed by atoms with van der Waals surface area (Å²) in [5.41, 5.74) is 1.71. The van der Waals surface area contributed by atoms with Gasteiger partial charge < -0.3 is 4.57 Å². The third-order valence-corrected chi connectivity index (χ3v) is 6.53. The smallest absolute Gasteiger partial charge is 0.191 e. The van der Waals surface area contributed by atoms with E-state index in [9.17, 15) is 4.39 Å². The van der Waals surface area contributed by atoms with Crippen LogP contribution in [0.2, 0.25) is 10.0 Å². The Labute approximate surface area is 176 Å². The van der Waals surface area contributed by atoms with Crippen molar-refractivity contribution in [2.45, 2.75) is 35.9 Å². The van der Waals surface area contributed by atoms with Gasteiger partial charge in [0.1, 0.15) is 11.6 Å². The topological polar surface area (TPSA) is 30.7 Å². The van der Waals surface area contributed by atoms with Gasteiger partial charge in [0.2, 0.25) is 0 Å². The molecule has 2 aromatic carbocycles. The first-order valence-electron chi connectivity index (χ1n) is 8.38. The fraction of sp³-hybridized carbons (Fsp3) is 0.263. The Morgan fingerprint density at radius 3 is 2.48 bits per heavy atom. The summed E-state index contributed by atoms with van der Waals surface area (Å²) in [6.45, 7) is 2.81. The molecular formula is C19H18Cl2FN3S2. The second-order valence-electron chi connectivity index (χ2n) is 5.75. The molecule has 0 atom stereocenters. The molecule has 0 aliphatic carbocycles. The Balaban J connectivity index is 1.61. The van der Waals surface area contributed by atoms with Crippen molar-refractivity contribution in [2.75, 3.05) is 0 Å². The molecule has 142 valence electrons. The van der Waals surface area contributed by atoms with Gasteiger partial charge in [0.15, 0.2) is 5.16 Å². The van der Waals surface area contributed by atoms with E-state index >= 15 is 0 Å². The first-order chi connectivity index (χ1) is 13.1. The highest BCUT2D eigenvalue weighted by Crippen LogP contribution is 2.29. The van der Waals surface area contributed by atoms with Crippen molar-refractivity contribution >= 4 is 46.7 Å². The van der Waals surface area contributed by atoms with E-state index in [2.05, 4.69) is 21.7 Å². The average molecular weight is 442 g/mol. The van der Waals surface area contributed by atoms with Gasteiger partial charge in [-0.15, -0.1) is 22.0 Å². The van der Waals surface area contributed by atoms with Crippen LogP contribution in [0.5, 0.6) is 0 Å². The third kappa shape index (κ3) is 5.41. The summed E-state index contributed by atoms with van der Waals surface area (Å²) >= 11 is 15.2. The Hall–Kier alpha value is -1.21. The summed E-state index contributed by atoms with van der Waals surface area (Å²) in [5.74, 6) is 2.67. The zero-order chi connectivity index (χ0) is 19.2. The number of hydrogen-bond acceptors (Lipinski definition) is 4. The fourth-order valence-electron chi connectivity index (χ4n) is 2.50. The molecule has 0 aliphatic rings. The summed E-state index contributed by atoms with van der Waals surface area (Å²) in [5, 5.41) is 10.5. The van der Waals surface area contributed by atoms with E-state index in [-0.39, 0.29) is 5.82 Å². The van der Waals surface area contributed by atoms with Crippen molar-refractivity contribution in [1.82, 2.24) is 14.8 Å². The minimum absolute atomic E-state index is 0.295. The predicted molar refractivity (Wildman–Crippen MR) is 113 cm³/mol. The van der Waals surface area contributed by atoms with Gasteiger partial charge in [-0.25, -0.2) is 4.39 Å². The molecule has 0 amide bonds. The molecule has 27 heavy (non-hydrogen) atoms. The van der Waals surface area contributed by atoms with Crippen LogP contribution in [-0.2, 0) is 23.8 Å². The zero-order valence-electron chi connectivity index (χ0n) is 14.7. The highest BCUT2D eigenvalue weighted by Gasteiger charge is 2.14. The molecule has 1 aromatic heterocycles. The summed E-state index contributed by atoms with van der Waals surface area (Å²) in [6.07, 6.45) is 0. The molecule has 1 heterocycles. The maximum absolute atomic E-state index is 13.9. The minimum atomic E-state index is -0.295. The number of thioether (sulfide) groups is 2. The molecule has 0 aliphatic heterocycles. The minimum Gasteiger partial charge on any atom is -0.306 e. The van der Waals surface area contributed by atoms with E-state index in [0.717, 1.165) is 34.1 Å². The lowest BCUT2D eigenvalue weighted by atomic mass is 10.2. The fourth-order valence-corrected chi connectivity index (χ4v) is 4.92. The van der Waals surface area contributed by atoms with Crippen molar-refractivity contribution in [3.05, 3.63) is 75.3 Å². The summed E-state index contributed by atoms with van der Waals surface area (Å²) in [4.78, 5) is 0. The largest absolute Gasteiger partial charge is 0.306 e. The Bertz CT molecular complexity index is 880. The van der Waals surface area contributed by atoms with Crippen LogP contribution in [0.4, 0.5) is 4.39 Å². The first-order valence-corrected chi connectivity index (χ1v) is 11.3. The van der Waals surface area contributed by atoms with Crippen LogP contribution in [0.3, 0.4) is 0 Å². The molecule has 0 saturated heterocycles. The Kier molecular flexibility index (Phi) is 7.47. The van der Waals surface area contributed by atoms with Crippen LogP contribution in [0.25, 0.3) is 0 Å². The van der Waals surface area contributed by atoms with Gasteiger partial charge >= 0.3 is 0 Å². The second-order valence-corrected chi connectivity index (χ2v) is 8.52. The van der Waals surface area contributed by atoms with Crippen LogP contribution < -0.4 is 0 Å². The average Bonchev–Trinajstić information content (AvgIpc) is 3.05. The highest BCUT2D eigenvalue weighted by molar-refractivity contribution is 7.98. The van der Waals surface area contributed by atoms with Crippen LogP contribution in [-0.4, -0.2) is 14.8 Å². The van der Waals surface area contributed by atoms with Crippen molar-refractivity contribution < 1.29 is 4.39 Å². The Morgan fingerprint density at radius 2 is 1.78 bits per heavy atom. The molecule has 0 N–H and O–H groups in total. The van der Waals surface area contributed by atoms with E-state index < -0.39 is 0 Å². The lowest BCUT2D eigenvalue weighted by Gasteiger charge is -2.08. The second kappa shape index (κ2) is 9.82.